The number of halogens is 2. The average Bonchev–Trinajstić information content (AvgIpc) is 3.00. The van der Waals surface area contributed by atoms with Crippen LogP contribution in [0.25, 0.3) is 0 Å². The fourth-order valence-electron chi connectivity index (χ4n) is 1.65. The molecule has 110 valence electrons. The van der Waals surface area contributed by atoms with Crippen LogP contribution in [0.2, 0.25) is 0 Å². The van der Waals surface area contributed by atoms with Gasteiger partial charge in [-0.05, 0) is 31.4 Å². The van der Waals surface area contributed by atoms with Crippen molar-refractivity contribution in [3.8, 4) is 0 Å². The number of likely N-dealkylation sites (N-methyl/N-ethyl adjacent to an activating group) is 1. The van der Waals surface area contributed by atoms with Crippen molar-refractivity contribution in [1.82, 2.24) is 20.0 Å². The second kappa shape index (κ2) is 9.18. The van der Waals surface area contributed by atoms with Gasteiger partial charge in [-0.15, -0.1) is 24.8 Å². The van der Waals surface area contributed by atoms with Gasteiger partial charge in [-0.1, -0.05) is 0 Å². The minimum absolute atomic E-state index is 0. The van der Waals surface area contributed by atoms with E-state index in [1.54, 1.807) is 11.1 Å². The van der Waals surface area contributed by atoms with Crippen molar-refractivity contribution >= 4 is 30.7 Å². The van der Waals surface area contributed by atoms with E-state index in [0.717, 1.165) is 19.0 Å². The zero-order valence-electron chi connectivity index (χ0n) is 11.1. The van der Waals surface area contributed by atoms with Gasteiger partial charge in [0.05, 0.1) is 13.1 Å². The van der Waals surface area contributed by atoms with Gasteiger partial charge in [-0.25, -0.2) is 0 Å². The SMILES string of the molecule is CN(CCn1cccn1)C(=O)CNCC1CC1.Cl.Cl. The molecule has 0 aromatic carbocycles. The highest BCUT2D eigenvalue weighted by Gasteiger charge is 2.20. The topological polar surface area (TPSA) is 50.2 Å². The zero-order chi connectivity index (χ0) is 12.1. The van der Waals surface area contributed by atoms with Gasteiger partial charge in [0, 0.05) is 26.0 Å². The molecule has 0 saturated heterocycles. The summed E-state index contributed by atoms with van der Waals surface area (Å²) in [4.78, 5) is 13.5. The number of rotatable bonds is 7. The van der Waals surface area contributed by atoms with E-state index in [1.807, 2.05) is 24.0 Å². The summed E-state index contributed by atoms with van der Waals surface area (Å²) in [6.07, 6.45) is 6.29. The lowest BCUT2D eigenvalue weighted by Crippen LogP contribution is -2.37. The maximum Gasteiger partial charge on any atom is 0.236 e. The van der Waals surface area contributed by atoms with Crippen LogP contribution in [0.4, 0.5) is 0 Å². The zero-order valence-corrected chi connectivity index (χ0v) is 12.8. The molecule has 0 atom stereocenters. The highest BCUT2D eigenvalue weighted by atomic mass is 35.5. The molecule has 2 rings (SSSR count). The molecule has 0 unspecified atom stereocenters. The number of aromatic nitrogens is 2. The first kappa shape index (κ1) is 18.2. The Morgan fingerprint density at radius 1 is 1.47 bits per heavy atom. The third-order valence-corrected chi connectivity index (χ3v) is 3.06. The molecule has 1 N–H and O–H groups in total. The van der Waals surface area contributed by atoms with Gasteiger partial charge in [-0.3, -0.25) is 9.48 Å². The smallest absolute Gasteiger partial charge is 0.236 e. The highest BCUT2D eigenvalue weighted by molar-refractivity contribution is 5.85. The van der Waals surface area contributed by atoms with Gasteiger partial charge in [0.25, 0.3) is 0 Å². The van der Waals surface area contributed by atoms with Crippen molar-refractivity contribution in [2.45, 2.75) is 19.4 Å². The fourth-order valence-corrected chi connectivity index (χ4v) is 1.65. The minimum Gasteiger partial charge on any atom is -0.343 e. The quantitative estimate of drug-likeness (QED) is 0.823. The number of carbonyl (C=O) groups is 1. The Kier molecular flexibility index (Phi) is 8.80. The maximum absolute atomic E-state index is 11.7. The van der Waals surface area contributed by atoms with E-state index in [1.165, 1.54) is 12.8 Å². The van der Waals surface area contributed by atoms with E-state index in [0.29, 0.717) is 13.1 Å². The summed E-state index contributed by atoms with van der Waals surface area (Å²) >= 11 is 0. The number of nitrogens with zero attached hydrogens (tertiary/aromatic N) is 3. The lowest BCUT2D eigenvalue weighted by molar-refractivity contribution is -0.129. The van der Waals surface area contributed by atoms with E-state index in [2.05, 4.69) is 10.4 Å². The monoisotopic (exact) mass is 308 g/mol. The van der Waals surface area contributed by atoms with Crippen LogP contribution in [-0.2, 0) is 11.3 Å². The van der Waals surface area contributed by atoms with Crippen LogP contribution in [0.3, 0.4) is 0 Å². The third kappa shape index (κ3) is 6.80. The molecule has 5 nitrogen and oxygen atoms in total. The number of carbonyl (C=O) groups excluding carboxylic acids is 1. The van der Waals surface area contributed by atoms with Crippen LogP contribution < -0.4 is 5.32 Å². The van der Waals surface area contributed by atoms with E-state index in [9.17, 15) is 4.79 Å². The van der Waals surface area contributed by atoms with Crippen LogP contribution in [0.1, 0.15) is 12.8 Å². The molecule has 0 spiro atoms. The molecule has 1 aromatic rings. The van der Waals surface area contributed by atoms with Crippen molar-refractivity contribution in [2.24, 2.45) is 5.92 Å². The van der Waals surface area contributed by atoms with E-state index in [-0.39, 0.29) is 30.7 Å². The summed E-state index contributed by atoms with van der Waals surface area (Å²) in [7, 11) is 1.84. The first-order valence-electron chi connectivity index (χ1n) is 6.18. The summed E-state index contributed by atoms with van der Waals surface area (Å²) in [5.74, 6) is 0.968. The molecule has 19 heavy (non-hydrogen) atoms. The van der Waals surface area contributed by atoms with Crippen LogP contribution >= 0.6 is 24.8 Å². The Labute approximate surface area is 126 Å². The molecule has 1 saturated carbocycles. The Morgan fingerprint density at radius 3 is 2.79 bits per heavy atom. The summed E-state index contributed by atoms with van der Waals surface area (Å²) in [5, 5.41) is 7.31. The Morgan fingerprint density at radius 2 is 2.21 bits per heavy atom. The lowest BCUT2D eigenvalue weighted by atomic mass is 10.4. The Bertz CT molecular complexity index is 355. The molecule has 7 heteroatoms. The molecule has 1 fully saturated rings. The maximum atomic E-state index is 11.7. The molecule has 1 amide bonds. The number of hydrogen-bond donors (Lipinski definition) is 1. The van der Waals surface area contributed by atoms with Crippen LogP contribution in [0, 0.1) is 5.92 Å². The van der Waals surface area contributed by atoms with Gasteiger partial charge in [0.1, 0.15) is 0 Å². The summed E-state index contributed by atoms with van der Waals surface area (Å²) in [6.45, 7) is 2.88. The van der Waals surface area contributed by atoms with Gasteiger partial charge in [0.15, 0.2) is 0 Å². The molecule has 0 aliphatic heterocycles. The summed E-state index contributed by atoms with van der Waals surface area (Å²) < 4.78 is 1.83. The molecule has 1 aliphatic rings. The van der Waals surface area contributed by atoms with Gasteiger partial charge >= 0.3 is 0 Å². The van der Waals surface area contributed by atoms with E-state index >= 15 is 0 Å². The van der Waals surface area contributed by atoms with Crippen molar-refractivity contribution in [1.29, 1.82) is 0 Å². The van der Waals surface area contributed by atoms with Crippen LogP contribution in [-0.4, -0.2) is 47.3 Å². The summed E-state index contributed by atoms with van der Waals surface area (Å²) in [6, 6.07) is 1.89. The molecular formula is C12H22Cl2N4O. The first-order chi connectivity index (χ1) is 8.25. The molecule has 1 heterocycles. The Hall–Kier alpha value is -0.780. The van der Waals surface area contributed by atoms with Gasteiger partial charge in [-0.2, -0.15) is 5.10 Å². The van der Waals surface area contributed by atoms with Gasteiger partial charge in [0.2, 0.25) is 5.91 Å². The predicted octanol–water partition coefficient (Wildman–Crippen LogP) is 1.18. The second-order valence-corrected chi connectivity index (χ2v) is 4.66. The first-order valence-corrected chi connectivity index (χ1v) is 6.18. The van der Waals surface area contributed by atoms with Crippen molar-refractivity contribution < 1.29 is 4.79 Å². The largest absolute Gasteiger partial charge is 0.343 e. The minimum atomic E-state index is 0. The van der Waals surface area contributed by atoms with Crippen molar-refractivity contribution in [3.05, 3.63) is 18.5 Å². The third-order valence-electron chi connectivity index (χ3n) is 3.06. The van der Waals surface area contributed by atoms with Crippen molar-refractivity contribution in [3.63, 3.8) is 0 Å². The van der Waals surface area contributed by atoms with E-state index < -0.39 is 0 Å². The second-order valence-electron chi connectivity index (χ2n) is 4.66. The molecular weight excluding hydrogens is 287 g/mol. The number of hydrogen-bond acceptors (Lipinski definition) is 3. The Balaban J connectivity index is 0.00000162. The van der Waals surface area contributed by atoms with Crippen LogP contribution in [0.5, 0.6) is 0 Å². The normalized spacial score (nSPS) is 13.3. The molecule has 1 aromatic heterocycles. The highest BCUT2D eigenvalue weighted by Crippen LogP contribution is 2.27. The standard InChI is InChI=1S/C12H20N4O.2ClH/c1-15(7-8-16-6-2-5-14-16)12(17)10-13-9-11-3-4-11;;/h2,5-6,11,13H,3-4,7-10H2,1H3;2*1H. The number of amides is 1. The number of nitrogens with one attached hydrogen (secondary N) is 1. The van der Waals surface area contributed by atoms with Gasteiger partial charge < -0.3 is 10.2 Å². The van der Waals surface area contributed by atoms with Crippen LogP contribution in [0.15, 0.2) is 18.5 Å². The fraction of sp³-hybridized carbons (Fsp3) is 0.667. The molecule has 0 bridgehead atoms. The van der Waals surface area contributed by atoms with Crippen molar-refractivity contribution in [2.75, 3.05) is 26.7 Å². The average molecular weight is 309 g/mol. The molecule has 1 aliphatic carbocycles. The lowest BCUT2D eigenvalue weighted by Gasteiger charge is -2.17. The molecule has 0 radical (unpaired) electrons. The van der Waals surface area contributed by atoms with E-state index in [4.69, 9.17) is 0 Å². The predicted molar refractivity (Wildman–Crippen MR) is 80.0 cm³/mol. The summed E-state index contributed by atoms with van der Waals surface area (Å²) in [5.41, 5.74) is 0.